The van der Waals surface area contributed by atoms with Crippen LogP contribution in [0.25, 0.3) is 0 Å². The summed E-state index contributed by atoms with van der Waals surface area (Å²) >= 11 is 0. The first-order valence-electron chi connectivity index (χ1n) is 6.41. The van der Waals surface area contributed by atoms with E-state index in [2.05, 4.69) is 0 Å². The molecule has 2 fully saturated rings. The maximum atomic E-state index is 12.6. The van der Waals surface area contributed by atoms with Crippen molar-refractivity contribution in [3.05, 3.63) is 0 Å². The van der Waals surface area contributed by atoms with Crippen LogP contribution in [-0.4, -0.2) is 39.6 Å². The fourth-order valence-electron chi connectivity index (χ4n) is 3.29. The molecule has 1 saturated heterocycles. The van der Waals surface area contributed by atoms with E-state index >= 15 is 0 Å². The van der Waals surface area contributed by atoms with Gasteiger partial charge in [-0.1, -0.05) is 25.7 Å². The van der Waals surface area contributed by atoms with Gasteiger partial charge in [0.25, 0.3) is 0 Å². The third-order valence-corrected chi connectivity index (χ3v) is 4.18. The molecule has 7 heteroatoms. The van der Waals surface area contributed by atoms with Gasteiger partial charge in [-0.25, -0.2) is 4.79 Å². The average Bonchev–Trinajstić information content (AvgIpc) is 2.51. The molecule has 0 radical (unpaired) electrons. The predicted octanol–water partition coefficient (Wildman–Crippen LogP) is 2.33. The first-order valence-corrected chi connectivity index (χ1v) is 6.41. The van der Waals surface area contributed by atoms with Crippen LogP contribution in [0.2, 0.25) is 0 Å². The second kappa shape index (κ2) is 4.68. The Kier molecular flexibility index (Phi) is 3.49. The fourth-order valence-corrected chi connectivity index (χ4v) is 3.29. The summed E-state index contributed by atoms with van der Waals surface area (Å²) in [6.07, 6.45) is -0.586. The molecule has 1 unspecified atom stereocenters. The van der Waals surface area contributed by atoms with Gasteiger partial charge >= 0.3 is 18.1 Å². The second-order valence-corrected chi connectivity index (χ2v) is 5.37. The van der Waals surface area contributed by atoms with Gasteiger partial charge in [-0.2, -0.15) is 13.2 Å². The lowest BCUT2D eigenvalue weighted by molar-refractivity contribution is -0.213. The summed E-state index contributed by atoms with van der Waals surface area (Å²) in [6, 6.07) is -1.33. The number of carboxylic acids is 1. The molecule has 108 valence electrons. The van der Waals surface area contributed by atoms with Crippen molar-refractivity contribution in [2.45, 2.75) is 62.7 Å². The Hall–Kier alpha value is -1.27. The Balaban J connectivity index is 2.25. The molecule has 1 aliphatic heterocycles. The van der Waals surface area contributed by atoms with Crippen LogP contribution < -0.4 is 0 Å². The summed E-state index contributed by atoms with van der Waals surface area (Å²) in [5, 5.41) is 8.94. The van der Waals surface area contributed by atoms with Crippen LogP contribution in [-0.2, 0) is 9.59 Å². The van der Waals surface area contributed by atoms with Gasteiger partial charge in [-0.05, 0) is 12.8 Å². The minimum Gasteiger partial charge on any atom is -0.480 e. The number of carboxylic acid groups (broad SMARTS) is 1. The molecule has 1 saturated carbocycles. The molecule has 0 bridgehead atoms. The van der Waals surface area contributed by atoms with Crippen LogP contribution in [0, 0.1) is 0 Å². The molecule has 0 aromatic carbocycles. The Morgan fingerprint density at radius 2 is 1.63 bits per heavy atom. The zero-order valence-electron chi connectivity index (χ0n) is 10.4. The van der Waals surface area contributed by atoms with E-state index in [0.29, 0.717) is 17.7 Å². The zero-order chi connectivity index (χ0) is 14.3. The highest BCUT2D eigenvalue weighted by atomic mass is 19.4. The number of alkyl halides is 3. The molecule has 2 rings (SSSR count). The third-order valence-electron chi connectivity index (χ3n) is 4.18. The molecular formula is C12H16F3NO3. The second-order valence-electron chi connectivity index (χ2n) is 5.37. The molecule has 4 nitrogen and oxygen atoms in total. The molecule has 1 amide bonds. The van der Waals surface area contributed by atoms with Crippen LogP contribution in [0.5, 0.6) is 0 Å². The van der Waals surface area contributed by atoms with E-state index in [9.17, 15) is 22.8 Å². The molecular weight excluding hydrogens is 263 g/mol. The van der Waals surface area contributed by atoms with E-state index in [1.54, 1.807) is 0 Å². The van der Waals surface area contributed by atoms with Gasteiger partial charge in [0.15, 0.2) is 0 Å². The van der Waals surface area contributed by atoms with Gasteiger partial charge in [0.1, 0.15) is 6.04 Å². The molecule has 1 spiro atoms. The number of aliphatic carboxylic acids is 1. The van der Waals surface area contributed by atoms with Gasteiger partial charge < -0.3 is 10.0 Å². The Morgan fingerprint density at radius 3 is 2.05 bits per heavy atom. The number of carbonyl (C=O) groups excluding carboxylic acids is 1. The fraction of sp³-hybridized carbons (Fsp3) is 0.833. The number of carbonyl (C=O) groups is 2. The van der Waals surface area contributed by atoms with E-state index in [0.717, 1.165) is 25.7 Å². The number of nitrogens with zero attached hydrogens (tertiary/aromatic N) is 1. The van der Waals surface area contributed by atoms with Gasteiger partial charge in [0.05, 0.1) is 0 Å². The maximum Gasteiger partial charge on any atom is 0.471 e. The molecule has 1 heterocycles. The van der Waals surface area contributed by atoms with E-state index in [4.69, 9.17) is 5.11 Å². The van der Waals surface area contributed by atoms with Crippen molar-refractivity contribution < 1.29 is 27.9 Å². The average molecular weight is 279 g/mol. The number of hydrogen-bond donors (Lipinski definition) is 1. The van der Waals surface area contributed by atoms with E-state index in [1.165, 1.54) is 0 Å². The highest BCUT2D eigenvalue weighted by Gasteiger charge is 2.61. The van der Waals surface area contributed by atoms with E-state index < -0.39 is 29.6 Å². The summed E-state index contributed by atoms with van der Waals surface area (Å²) < 4.78 is 37.8. The van der Waals surface area contributed by atoms with Crippen molar-refractivity contribution >= 4 is 11.9 Å². The van der Waals surface area contributed by atoms with E-state index in [-0.39, 0.29) is 6.42 Å². The molecule has 19 heavy (non-hydrogen) atoms. The number of likely N-dealkylation sites (tertiary alicyclic amines) is 1. The minimum absolute atomic E-state index is 0.143. The smallest absolute Gasteiger partial charge is 0.471 e. The lowest BCUT2D eigenvalue weighted by Crippen LogP contribution is -2.72. The third kappa shape index (κ3) is 2.42. The topological polar surface area (TPSA) is 57.6 Å². The van der Waals surface area contributed by atoms with Gasteiger partial charge in [-0.3, -0.25) is 4.79 Å². The molecule has 0 aromatic rings. The number of amides is 1. The van der Waals surface area contributed by atoms with Gasteiger partial charge in [0, 0.05) is 12.0 Å². The Morgan fingerprint density at radius 1 is 1.11 bits per heavy atom. The monoisotopic (exact) mass is 279 g/mol. The quantitative estimate of drug-likeness (QED) is 0.801. The van der Waals surface area contributed by atoms with Crippen LogP contribution >= 0.6 is 0 Å². The van der Waals surface area contributed by atoms with Crippen LogP contribution in [0.15, 0.2) is 0 Å². The maximum absolute atomic E-state index is 12.6. The van der Waals surface area contributed by atoms with E-state index in [1.807, 2.05) is 0 Å². The summed E-state index contributed by atoms with van der Waals surface area (Å²) in [4.78, 5) is 23.0. The Bertz CT molecular complexity index is 386. The first-order chi connectivity index (χ1) is 8.78. The molecule has 2 aliphatic rings. The van der Waals surface area contributed by atoms with Crippen molar-refractivity contribution in [2.75, 3.05) is 0 Å². The molecule has 1 N–H and O–H groups in total. The highest BCUT2D eigenvalue weighted by molar-refractivity contribution is 5.89. The lowest BCUT2D eigenvalue weighted by atomic mass is 9.72. The minimum atomic E-state index is -5.01. The number of rotatable bonds is 1. The zero-order valence-corrected chi connectivity index (χ0v) is 10.4. The Labute approximate surface area is 108 Å². The lowest BCUT2D eigenvalue weighted by Gasteiger charge is -2.56. The normalized spacial score (nSPS) is 26.7. The van der Waals surface area contributed by atoms with Gasteiger partial charge in [-0.15, -0.1) is 0 Å². The predicted molar refractivity (Wildman–Crippen MR) is 59.4 cm³/mol. The van der Waals surface area contributed by atoms with Crippen LogP contribution in [0.3, 0.4) is 0 Å². The van der Waals surface area contributed by atoms with Gasteiger partial charge in [0.2, 0.25) is 0 Å². The van der Waals surface area contributed by atoms with Crippen molar-refractivity contribution in [3.63, 3.8) is 0 Å². The molecule has 1 atom stereocenters. The summed E-state index contributed by atoms with van der Waals surface area (Å²) in [6.45, 7) is 0. The largest absolute Gasteiger partial charge is 0.480 e. The summed E-state index contributed by atoms with van der Waals surface area (Å²) in [7, 11) is 0. The van der Waals surface area contributed by atoms with Crippen LogP contribution in [0.4, 0.5) is 13.2 Å². The molecule has 1 aliphatic carbocycles. The summed E-state index contributed by atoms with van der Waals surface area (Å²) in [5.41, 5.74) is -0.883. The number of hydrogen-bond acceptors (Lipinski definition) is 2. The van der Waals surface area contributed by atoms with Crippen molar-refractivity contribution in [3.8, 4) is 0 Å². The standard InChI is InChI=1S/C12H16F3NO3/c13-12(14,15)10(19)16-8(9(17)18)7-11(16)5-3-1-2-4-6-11/h8H,1-7H2,(H,17,18). The van der Waals surface area contributed by atoms with Crippen molar-refractivity contribution in [2.24, 2.45) is 0 Å². The summed E-state index contributed by atoms with van der Waals surface area (Å²) in [5.74, 6) is -3.36. The first kappa shape index (κ1) is 14.1. The van der Waals surface area contributed by atoms with Crippen LogP contribution in [0.1, 0.15) is 44.9 Å². The number of halogens is 3. The molecule has 0 aromatic heterocycles. The SMILES string of the molecule is O=C(O)C1CC2(CCCCCC2)N1C(=O)C(F)(F)F. The van der Waals surface area contributed by atoms with Crippen molar-refractivity contribution in [1.29, 1.82) is 0 Å². The van der Waals surface area contributed by atoms with Crippen molar-refractivity contribution in [1.82, 2.24) is 4.90 Å². The highest BCUT2D eigenvalue weighted by Crippen LogP contribution is 2.47.